The summed E-state index contributed by atoms with van der Waals surface area (Å²) in [5, 5.41) is 0. The number of carbonyl (C=O) groups excluding carboxylic acids is 1. The van der Waals surface area contributed by atoms with Crippen LogP contribution < -0.4 is 0 Å². The zero-order chi connectivity index (χ0) is 17.1. The van der Waals surface area contributed by atoms with Crippen LogP contribution in [0.5, 0.6) is 0 Å². The van der Waals surface area contributed by atoms with Gasteiger partial charge in [-0.05, 0) is 68.3 Å². The van der Waals surface area contributed by atoms with Crippen LogP contribution in [-0.2, 0) is 14.9 Å². The Hall–Kier alpha value is -1.35. The molecule has 4 bridgehead atoms. The van der Waals surface area contributed by atoms with Gasteiger partial charge in [0, 0.05) is 13.1 Å². The third-order valence-electron chi connectivity index (χ3n) is 7.48. The summed E-state index contributed by atoms with van der Waals surface area (Å²) in [6.07, 6.45) is 7.29. The fourth-order valence-electron chi connectivity index (χ4n) is 6.86. The van der Waals surface area contributed by atoms with Crippen LogP contribution in [0, 0.1) is 24.2 Å². The molecule has 4 aliphatic carbocycles. The molecule has 0 N–H and O–H groups in total. The van der Waals surface area contributed by atoms with Gasteiger partial charge < -0.3 is 9.64 Å². The van der Waals surface area contributed by atoms with E-state index in [1.807, 2.05) is 0 Å². The fourth-order valence-corrected chi connectivity index (χ4v) is 6.86. The van der Waals surface area contributed by atoms with E-state index < -0.39 is 0 Å². The van der Waals surface area contributed by atoms with Crippen molar-refractivity contribution < 1.29 is 9.53 Å². The minimum Gasteiger partial charge on any atom is -0.378 e. The number of ether oxygens (including phenoxy) is 1. The van der Waals surface area contributed by atoms with E-state index in [0.29, 0.717) is 19.1 Å². The average molecular weight is 339 g/mol. The molecule has 1 amide bonds. The van der Waals surface area contributed by atoms with Gasteiger partial charge in [0.1, 0.15) is 0 Å². The maximum Gasteiger partial charge on any atom is 0.228 e. The van der Waals surface area contributed by atoms with Gasteiger partial charge in [-0.1, -0.05) is 29.8 Å². The molecule has 1 aromatic carbocycles. The Bertz CT molecular complexity index is 660. The first-order valence-corrected chi connectivity index (χ1v) is 10.0. The molecule has 0 radical (unpaired) electrons. The fraction of sp³-hybridized carbons (Fsp3) is 0.682. The number of carbonyl (C=O) groups is 1. The molecule has 4 atom stereocenters. The Labute approximate surface area is 150 Å². The van der Waals surface area contributed by atoms with Crippen molar-refractivity contribution in [3.05, 3.63) is 35.4 Å². The molecule has 3 heteroatoms. The van der Waals surface area contributed by atoms with Crippen molar-refractivity contribution in [3.63, 3.8) is 0 Å². The van der Waals surface area contributed by atoms with Gasteiger partial charge in [0.25, 0.3) is 0 Å². The second kappa shape index (κ2) is 5.57. The average Bonchev–Trinajstić information content (AvgIpc) is 2.61. The second-order valence-corrected chi connectivity index (χ2v) is 9.29. The first-order chi connectivity index (χ1) is 12.1. The van der Waals surface area contributed by atoms with Crippen LogP contribution >= 0.6 is 0 Å². The maximum absolute atomic E-state index is 13.5. The molecule has 0 aromatic heterocycles. The lowest BCUT2D eigenvalue weighted by molar-refractivity contribution is -0.164. The number of amides is 1. The topological polar surface area (TPSA) is 29.5 Å². The molecule has 6 rings (SSSR count). The van der Waals surface area contributed by atoms with Crippen molar-refractivity contribution in [2.24, 2.45) is 17.3 Å². The lowest BCUT2D eigenvalue weighted by atomic mass is 9.42. The zero-order valence-corrected chi connectivity index (χ0v) is 15.3. The van der Waals surface area contributed by atoms with Crippen LogP contribution in [0.15, 0.2) is 24.3 Å². The molecule has 2 unspecified atom stereocenters. The first-order valence-electron chi connectivity index (χ1n) is 10.0. The summed E-state index contributed by atoms with van der Waals surface area (Å²) < 4.78 is 5.48. The molecule has 1 aliphatic heterocycles. The van der Waals surface area contributed by atoms with Crippen LogP contribution in [0.25, 0.3) is 0 Å². The number of hydrogen-bond acceptors (Lipinski definition) is 2. The normalized spacial score (nSPS) is 39.6. The summed E-state index contributed by atoms with van der Waals surface area (Å²) in [6, 6.07) is 9.19. The summed E-state index contributed by atoms with van der Waals surface area (Å²) in [5.74, 6) is 1.93. The van der Waals surface area contributed by atoms with Crippen molar-refractivity contribution in [2.45, 2.75) is 50.9 Å². The van der Waals surface area contributed by atoms with Gasteiger partial charge in [-0.2, -0.15) is 0 Å². The van der Waals surface area contributed by atoms with Crippen molar-refractivity contribution in [3.8, 4) is 0 Å². The third kappa shape index (κ3) is 2.46. The molecule has 1 heterocycles. The van der Waals surface area contributed by atoms with Crippen molar-refractivity contribution in [1.29, 1.82) is 0 Å². The van der Waals surface area contributed by atoms with Crippen LogP contribution in [0.1, 0.15) is 49.7 Å². The Balaban J connectivity index is 1.50. The monoisotopic (exact) mass is 339 g/mol. The van der Waals surface area contributed by atoms with Gasteiger partial charge in [-0.15, -0.1) is 0 Å². The molecular weight excluding hydrogens is 310 g/mol. The number of aryl methyl sites for hydroxylation is 1. The first kappa shape index (κ1) is 15.9. The molecule has 1 saturated heterocycles. The molecule has 5 fully saturated rings. The van der Waals surface area contributed by atoms with Gasteiger partial charge in [-0.3, -0.25) is 4.79 Å². The van der Waals surface area contributed by atoms with E-state index in [2.05, 4.69) is 36.1 Å². The highest BCUT2D eigenvalue weighted by atomic mass is 16.5. The van der Waals surface area contributed by atoms with Gasteiger partial charge in [0.05, 0.1) is 18.6 Å². The Morgan fingerprint density at radius 2 is 1.68 bits per heavy atom. The molecule has 3 nitrogen and oxygen atoms in total. The highest BCUT2D eigenvalue weighted by Gasteiger charge is 2.61. The Morgan fingerprint density at radius 3 is 2.32 bits per heavy atom. The van der Waals surface area contributed by atoms with E-state index in [-0.39, 0.29) is 10.8 Å². The minimum absolute atomic E-state index is 0.0910. The van der Waals surface area contributed by atoms with Crippen molar-refractivity contribution >= 4 is 5.91 Å². The lowest BCUT2D eigenvalue weighted by Gasteiger charge is -2.62. The van der Waals surface area contributed by atoms with E-state index >= 15 is 0 Å². The highest BCUT2D eigenvalue weighted by Crippen LogP contribution is 2.66. The second-order valence-electron chi connectivity index (χ2n) is 9.29. The van der Waals surface area contributed by atoms with E-state index in [9.17, 15) is 4.79 Å². The summed E-state index contributed by atoms with van der Waals surface area (Å²) in [6.45, 7) is 5.14. The van der Waals surface area contributed by atoms with E-state index in [0.717, 1.165) is 44.2 Å². The predicted molar refractivity (Wildman–Crippen MR) is 97.4 cm³/mol. The quantitative estimate of drug-likeness (QED) is 0.822. The number of morpholine rings is 1. The van der Waals surface area contributed by atoms with Gasteiger partial charge in [0.15, 0.2) is 0 Å². The maximum atomic E-state index is 13.5. The number of benzene rings is 1. The Kier molecular flexibility index (Phi) is 3.54. The molecule has 1 aromatic rings. The van der Waals surface area contributed by atoms with Crippen molar-refractivity contribution in [1.82, 2.24) is 4.90 Å². The smallest absolute Gasteiger partial charge is 0.228 e. The Morgan fingerprint density at radius 1 is 1.04 bits per heavy atom. The predicted octanol–water partition coefficient (Wildman–Crippen LogP) is 3.69. The van der Waals surface area contributed by atoms with E-state index in [1.54, 1.807) is 0 Å². The number of nitrogens with zero attached hydrogens (tertiary/aromatic N) is 1. The largest absolute Gasteiger partial charge is 0.378 e. The highest BCUT2D eigenvalue weighted by molar-refractivity contribution is 5.83. The molecular formula is C22H29NO2. The number of rotatable bonds is 2. The molecule has 25 heavy (non-hydrogen) atoms. The van der Waals surface area contributed by atoms with Gasteiger partial charge >= 0.3 is 0 Å². The summed E-state index contributed by atoms with van der Waals surface area (Å²) in [4.78, 5) is 15.7. The lowest BCUT2D eigenvalue weighted by Crippen LogP contribution is -2.60. The van der Waals surface area contributed by atoms with Gasteiger partial charge in [0.2, 0.25) is 5.91 Å². The number of hydrogen-bond donors (Lipinski definition) is 0. The SMILES string of the molecule is Cc1ccc(C23C[C@@H]4C[C@@H](CC(C(=O)N5CCOCC5)(C4)C2)C3)cc1. The standard InChI is InChI=1S/C22H29NO2/c1-16-2-4-19(5-3-16)21-11-17-10-18(12-21)14-22(13-17,15-21)20(24)23-6-8-25-9-7-23/h2-5,17-18H,6-15H2,1H3/t17-,18+,21?,22?. The molecule has 5 aliphatic rings. The minimum atomic E-state index is -0.0910. The summed E-state index contributed by atoms with van der Waals surface area (Å²) >= 11 is 0. The molecule has 0 spiro atoms. The van der Waals surface area contributed by atoms with Gasteiger partial charge in [-0.25, -0.2) is 0 Å². The molecule has 134 valence electrons. The van der Waals surface area contributed by atoms with E-state index in [1.165, 1.54) is 30.4 Å². The summed E-state index contributed by atoms with van der Waals surface area (Å²) in [7, 11) is 0. The summed E-state index contributed by atoms with van der Waals surface area (Å²) in [5.41, 5.74) is 2.98. The van der Waals surface area contributed by atoms with Crippen LogP contribution in [0.3, 0.4) is 0 Å². The van der Waals surface area contributed by atoms with E-state index in [4.69, 9.17) is 4.74 Å². The van der Waals surface area contributed by atoms with Crippen LogP contribution in [0.4, 0.5) is 0 Å². The van der Waals surface area contributed by atoms with Crippen molar-refractivity contribution in [2.75, 3.05) is 26.3 Å². The van der Waals surface area contributed by atoms with Crippen LogP contribution in [0.2, 0.25) is 0 Å². The third-order valence-corrected chi connectivity index (χ3v) is 7.48. The van der Waals surface area contributed by atoms with Crippen LogP contribution in [-0.4, -0.2) is 37.1 Å². The zero-order valence-electron chi connectivity index (χ0n) is 15.3. The molecule has 4 saturated carbocycles.